The van der Waals surface area contributed by atoms with E-state index in [0.717, 1.165) is 10.0 Å². The molecule has 0 aliphatic heterocycles. The van der Waals surface area contributed by atoms with E-state index in [1.807, 2.05) is 36.4 Å². The minimum Gasteiger partial charge on any atom is -0.497 e. The normalized spacial score (nSPS) is 12.4. The van der Waals surface area contributed by atoms with Crippen LogP contribution in [0.2, 0.25) is 0 Å². The van der Waals surface area contributed by atoms with Crippen LogP contribution in [0.3, 0.4) is 0 Å². The summed E-state index contributed by atoms with van der Waals surface area (Å²) in [5, 5.41) is 10.4. The molecule has 3 nitrogen and oxygen atoms in total. The Morgan fingerprint density at radius 2 is 1.81 bits per heavy atom. The highest BCUT2D eigenvalue weighted by Gasteiger charge is 2.15. The average molecular weight is 349 g/mol. The lowest BCUT2D eigenvalue weighted by atomic mass is 10.1. The van der Waals surface area contributed by atoms with Crippen LogP contribution in [-0.4, -0.2) is 19.3 Å². The molecule has 21 heavy (non-hydrogen) atoms. The molecule has 0 radical (unpaired) electrons. The van der Waals surface area contributed by atoms with Gasteiger partial charge in [0.2, 0.25) is 0 Å². The molecular formula is C17H17BrO3. The lowest BCUT2D eigenvalue weighted by Gasteiger charge is -2.14. The van der Waals surface area contributed by atoms with E-state index in [-0.39, 0.29) is 0 Å². The SMILES string of the molecule is COc1cc(OC)c(Br)c(C(O)/C=C/c2ccccc2)c1. The van der Waals surface area contributed by atoms with Crippen LogP contribution < -0.4 is 9.47 Å². The molecule has 1 N–H and O–H groups in total. The van der Waals surface area contributed by atoms with Gasteiger partial charge in [0.05, 0.1) is 24.8 Å². The summed E-state index contributed by atoms with van der Waals surface area (Å²) in [6.07, 6.45) is 2.85. The summed E-state index contributed by atoms with van der Waals surface area (Å²) < 4.78 is 11.2. The first-order valence-corrected chi connectivity index (χ1v) is 7.27. The Hall–Kier alpha value is -1.78. The summed E-state index contributed by atoms with van der Waals surface area (Å²) >= 11 is 3.46. The van der Waals surface area contributed by atoms with Crippen molar-refractivity contribution in [2.75, 3.05) is 14.2 Å². The summed E-state index contributed by atoms with van der Waals surface area (Å²) in [4.78, 5) is 0. The first kappa shape index (κ1) is 15.6. The van der Waals surface area contributed by atoms with Crippen molar-refractivity contribution in [2.24, 2.45) is 0 Å². The van der Waals surface area contributed by atoms with Crippen molar-refractivity contribution in [1.82, 2.24) is 0 Å². The minimum absolute atomic E-state index is 0.622. The summed E-state index contributed by atoms with van der Waals surface area (Å²) in [6.45, 7) is 0. The van der Waals surface area contributed by atoms with Crippen molar-refractivity contribution in [3.8, 4) is 11.5 Å². The molecule has 0 bridgehead atoms. The van der Waals surface area contributed by atoms with Gasteiger partial charge in [-0.15, -0.1) is 0 Å². The van der Waals surface area contributed by atoms with Crippen LogP contribution in [-0.2, 0) is 0 Å². The molecule has 2 rings (SSSR count). The maximum Gasteiger partial charge on any atom is 0.137 e. The van der Waals surface area contributed by atoms with Gasteiger partial charge in [-0.1, -0.05) is 42.5 Å². The van der Waals surface area contributed by atoms with Gasteiger partial charge >= 0.3 is 0 Å². The lowest BCUT2D eigenvalue weighted by Crippen LogP contribution is -1.98. The van der Waals surface area contributed by atoms with Gasteiger partial charge in [-0.3, -0.25) is 0 Å². The van der Waals surface area contributed by atoms with E-state index in [1.54, 1.807) is 32.4 Å². The Balaban J connectivity index is 2.30. The van der Waals surface area contributed by atoms with E-state index in [2.05, 4.69) is 15.9 Å². The maximum atomic E-state index is 10.4. The van der Waals surface area contributed by atoms with Crippen molar-refractivity contribution in [1.29, 1.82) is 0 Å². The zero-order valence-corrected chi connectivity index (χ0v) is 13.5. The third kappa shape index (κ3) is 3.86. The molecule has 0 aromatic heterocycles. The monoisotopic (exact) mass is 348 g/mol. The number of aliphatic hydroxyl groups is 1. The molecule has 110 valence electrons. The van der Waals surface area contributed by atoms with E-state index in [1.165, 1.54) is 0 Å². The molecule has 0 amide bonds. The quantitative estimate of drug-likeness (QED) is 0.879. The van der Waals surface area contributed by atoms with Crippen LogP contribution in [0.25, 0.3) is 6.08 Å². The molecule has 0 saturated carbocycles. The first-order valence-electron chi connectivity index (χ1n) is 6.48. The minimum atomic E-state index is -0.761. The highest BCUT2D eigenvalue weighted by atomic mass is 79.9. The maximum absolute atomic E-state index is 10.4. The Labute approximate surface area is 133 Å². The largest absolute Gasteiger partial charge is 0.497 e. The van der Waals surface area contributed by atoms with Crippen LogP contribution in [0.5, 0.6) is 11.5 Å². The molecule has 1 atom stereocenters. The van der Waals surface area contributed by atoms with Crippen LogP contribution in [0.4, 0.5) is 0 Å². The van der Waals surface area contributed by atoms with Crippen molar-refractivity contribution >= 4 is 22.0 Å². The molecule has 0 saturated heterocycles. The number of aliphatic hydroxyl groups excluding tert-OH is 1. The second-order valence-corrected chi connectivity index (χ2v) is 5.24. The summed E-state index contributed by atoms with van der Waals surface area (Å²) in [6, 6.07) is 13.4. The molecular weight excluding hydrogens is 332 g/mol. The lowest BCUT2D eigenvalue weighted by molar-refractivity contribution is 0.227. The van der Waals surface area contributed by atoms with Gasteiger partial charge < -0.3 is 14.6 Å². The zero-order chi connectivity index (χ0) is 15.2. The molecule has 1 unspecified atom stereocenters. The number of halogens is 1. The zero-order valence-electron chi connectivity index (χ0n) is 11.9. The van der Waals surface area contributed by atoms with E-state index in [4.69, 9.17) is 9.47 Å². The predicted octanol–water partition coefficient (Wildman–Crippen LogP) is 4.21. The number of hydrogen-bond acceptors (Lipinski definition) is 3. The van der Waals surface area contributed by atoms with Crippen molar-refractivity contribution < 1.29 is 14.6 Å². The fourth-order valence-electron chi connectivity index (χ4n) is 1.94. The molecule has 2 aromatic carbocycles. The van der Waals surface area contributed by atoms with Crippen LogP contribution in [0.1, 0.15) is 17.2 Å². The third-order valence-corrected chi connectivity index (χ3v) is 3.93. The molecule has 0 heterocycles. The number of methoxy groups -OCH3 is 2. The standard InChI is InChI=1S/C17H17BrO3/c1-20-13-10-14(17(18)16(11-13)21-2)15(19)9-8-12-6-4-3-5-7-12/h3-11,15,19H,1-2H3/b9-8+. The number of hydrogen-bond donors (Lipinski definition) is 1. The molecule has 0 aliphatic rings. The van der Waals surface area contributed by atoms with Crippen molar-refractivity contribution in [3.05, 3.63) is 64.1 Å². The second-order valence-electron chi connectivity index (χ2n) is 4.45. The van der Waals surface area contributed by atoms with E-state index >= 15 is 0 Å². The Morgan fingerprint density at radius 1 is 1.10 bits per heavy atom. The van der Waals surface area contributed by atoms with E-state index < -0.39 is 6.10 Å². The van der Waals surface area contributed by atoms with Gasteiger partial charge in [-0.05, 0) is 27.6 Å². The molecule has 0 aliphatic carbocycles. The van der Waals surface area contributed by atoms with Crippen LogP contribution >= 0.6 is 15.9 Å². The van der Waals surface area contributed by atoms with Gasteiger partial charge in [-0.25, -0.2) is 0 Å². The van der Waals surface area contributed by atoms with Crippen LogP contribution in [0, 0.1) is 0 Å². The number of ether oxygens (including phenoxy) is 2. The summed E-state index contributed by atoms with van der Waals surface area (Å²) in [7, 11) is 3.16. The molecule has 0 spiro atoms. The van der Waals surface area contributed by atoms with Crippen LogP contribution in [0.15, 0.2) is 53.0 Å². The van der Waals surface area contributed by atoms with E-state index in [9.17, 15) is 5.11 Å². The first-order chi connectivity index (χ1) is 10.2. The van der Waals surface area contributed by atoms with Crippen molar-refractivity contribution in [2.45, 2.75) is 6.10 Å². The molecule has 0 fully saturated rings. The van der Waals surface area contributed by atoms with Gasteiger partial charge in [0.25, 0.3) is 0 Å². The smallest absolute Gasteiger partial charge is 0.137 e. The second kappa shape index (κ2) is 7.29. The highest BCUT2D eigenvalue weighted by molar-refractivity contribution is 9.10. The average Bonchev–Trinajstić information content (AvgIpc) is 2.53. The van der Waals surface area contributed by atoms with Gasteiger partial charge in [-0.2, -0.15) is 0 Å². The topological polar surface area (TPSA) is 38.7 Å². The summed E-state index contributed by atoms with van der Waals surface area (Å²) in [5.41, 5.74) is 1.72. The van der Waals surface area contributed by atoms with Gasteiger partial charge in [0.1, 0.15) is 11.5 Å². The molecule has 4 heteroatoms. The number of rotatable bonds is 5. The fraction of sp³-hybridized carbons (Fsp3) is 0.176. The Bertz CT molecular complexity index is 623. The van der Waals surface area contributed by atoms with E-state index in [0.29, 0.717) is 17.1 Å². The highest BCUT2D eigenvalue weighted by Crippen LogP contribution is 2.37. The van der Waals surface area contributed by atoms with Gasteiger partial charge in [0, 0.05) is 11.6 Å². The Morgan fingerprint density at radius 3 is 2.43 bits per heavy atom. The molecule has 2 aromatic rings. The van der Waals surface area contributed by atoms with Crippen molar-refractivity contribution in [3.63, 3.8) is 0 Å². The third-order valence-electron chi connectivity index (χ3n) is 3.09. The fourth-order valence-corrected chi connectivity index (χ4v) is 2.57. The predicted molar refractivity (Wildman–Crippen MR) is 87.7 cm³/mol. The Kier molecular flexibility index (Phi) is 5.42. The summed E-state index contributed by atoms with van der Waals surface area (Å²) in [5.74, 6) is 1.26. The number of benzene rings is 2. The van der Waals surface area contributed by atoms with Gasteiger partial charge in [0.15, 0.2) is 0 Å².